The molecular formula is C8H14N2. The van der Waals surface area contributed by atoms with Gasteiger partial charge in [0, 0.05) is 11.4 Å². The first-order valence-corrected chi connectivity index (χ1v) is 3.50. The van der Waals surface area contributed by atoms with Gasteiger partial charge in [0.2, 0.25) is 0 Å². The summed E-state index contributed by atoms with van der Waals surface area (Å²) < 4.78 is 0. The minimum Gasteiger partial charge on any atom is -0.344 e. The van der Waals surface area contributed by atoms with E-state index in [2.05, 4.69) is 38.3 Å². The van der Waals surface area contributed by atoms with Crippen molar-refractivity contribution < 1.29 is 0 Å². The molecule has 0 aromatic carbocycles. The van der Waals surface area contributed by atoms with Gasteiger partial charge in [-0.2, -0.15) is 0 Å². The Balaban J connectivity index is 2.78. The molecule has 0 aliphatic carbocycles. The average molecular weight is 138 g/mol. The van der Waals surface area contributed by atoms with Crippen LogP contribution in [0.15, 0.2) is 22.8 Å². The molecule has 1 rings (SSSR count). The Morgan fingerprint density at radius 1 is 1.00 bits per heavy atom. The van der Waals surface area contributed by atoms with E-state index in [1.807, 2.05) is 0 Å². The van der Waals surface area contributed by atoms with Gasteiger partial charge >= 0.3 is 0 Å². The van der Waals surface area contributed by atoms with Crippen molar-refractivity contribution in [1.82, 2.24) is 10.6 Å². The molecule has 2 N–H and O–H groups in total. The van der Waals surface area contributed by atoms with Gasteiger partial charge in [-0.25, -0.2) is 0 Å². The van der Waals surface area contributed by atoms with E-state index in [0.29, 0.717) is 0 Å². The van der Waals surface area contributed by atoms with E-state index >= 15 is 0 Å². The van der Waals surface area contributed by atoms with Gasteiger partial charge in [-0.3, -0.25) is 0 Å². The summed E-state index contributed by atoms with van der Waals surface area (Å²) in [5, 5.41) is 6.50. The fourth-order valence-electron chi connectivity index (χ4n) is 0.844. The number of hydrogen-bond donors (Lipinski definition) is 2. The normalized spacial score (nSPS) is 17.0. The number of hydrogen-bond acceptors (Lipinski definition) is 2. The minimum atomic E-state index is 1.13. The van der Waals surface area contributed by atoms with Crippen LogP contribution in [0.3, 0.4) is 0 Å². The summed E-state index contributed by atoms with van der Waals surface area (Å²) in [5.41, 5.74) is 3.73. The van der Waals surface area contributed by atoms with Gasteiger partial charge in [0.25, 0.3) is 0 Å². The molecule has 1 aliphatic rings. The van der Waals surface area contributed by atoms with Crippen LogP contribution in [0.2, 0.25) is 0 Å². The molecule has 10 heavy (non-hydrogen) atoms. The summed E-state index contributed by atoms with van der Waals surface area (Å²) in [4.78, 5) is 0. The smallest absolute Gasteiger partial charge is 0.106 e. The summed E-state index contributed by atoms with van der Waals surface area (Å²) in [7, 11) is 0. The lowest BCUT2D eigenvalue weighted by atomic mass is 10.3. The van der Waals surface area contributed by atoms with Crippen LogP contribution in [0.5, 0.6) is 0 Å². The molecule has 0 fully saturated rings. The maximum absolute atomic E-state index is 3.25. The third-order valence-corrected chi connectivity index (χ3v) is 1.69. The zero-order valence-corrected chi connectivity index (χ0v) is 7.00. The topological polar surface area (TPSA) is 24.1 Å². The second-order valence-electron chi connectivity index (χ2n) is 2.88. The average Bonchev–Trinajstić information content (AvgIpc) is 2.13. The van der Waals surface area contributed by atoms with Crippen molar-refractivity contribution in [1.29, 1.82) is 0 Å². The monoisotopic (exact) mass is 138 g/mol. The fraction of sp³-hybridized carbons (Fsp3) is 0.500. The van der Waals surface area contributed by atoms with E-state index in [9.17, 15) is 0 Å². The molecule has 0 saturated heterocycles. The third kappa shape index (κ3) is 1.15. The van der Waals surface area contributed by atoms with Crippen molar-refractivity contribution in [2.45, 2.75) is 27.7 Å². The zero-order valence-electron chi connectivity index (χ0n) is 7.00. The van der Waals surface area contributed by atoms with Crippen LogP contribution in [0.4, 0.5) is 0 Å². The molecule has 0 bridgehead atoms. The van der Waals surface area contributed by atoms with Crippen molar-refractivity contribution in [3.63, 3.8) is 0 Å². The first-order chi connectivity index (χ1) is 4.61. The Labute approximate surface area is 62.0 Å². The first-order valence-electron chi connectivity index (χ1n) is 3.50. The third-order valence-electron chi connectivity index (χ3n) is 1.69. The zero-order chi connectivity index (χ0) is 7.72. The predicted molar refractivity (Wildman–Crippen MR) is 43.0 cm³/mol. The molecule has 0 unspecified atom stereocenters. The predicted octanol–water partition coefficient (Wildman–Crippen LogP) is 1.68. The molecule has 0 spiro atoms. The molecule has 2 nitrogen and oxygen atoms in total. The van der Waals surface area contributed by atoms with Crippen LogP contribution in [0.1, 0.15) is 27.7 Å². The summed E-state index contributed by atoms with van der Waals surface area (Å²) in [6.45, 7) is 8.30. The maximum atomic E-state index is 3.25. The molecule has 56 valence electrons. The molecular weight excluding hydrogens is 124 g/mol. The highest BCUT2D eigenvalue weighted by Gasteiger charge is 2.09. The molecule has 0 radical (unpaired) electrons. The molecule has 1 aliphatic heterocycles. The van der Waals surface area contributed by atoms with E-state index in [-0.39, 0.29) is 0 Å². The summed E-state index contributed by atoms with van der Waals surface area (Å²) in [6, 6.07) is 0. The standard InChI is InChI=1S/C8H14N2/c1-5(2)8-9-6(3)7(4)10-8/h9-10H,1-4H3. The van der Waals surface area contributed by atoms with Crippen LogP contribution in [-0.4, -0.2) is 0 Å². The molecule has 0 aromatic rings. The molecule has 0 saturated carbocycles. The van der Waals surface area contributed by atoms with Gasteiger partial charge in [0.05, 0.1) is 0 Å². The number of rotatable bonds is 0. The molecule has 1 heterocycles. The van der Waals surface area contributed by atoms with Crippen molar-refractivity contribution in [3.05, 3.63) is 22.8 Å². The van der Waals surface area contributed by atoms with Crippen LogP contribution in [0.25, 0.3) is 0 Å². The van der Waals surface area contributed by atoms with Crippen LogP contribution >= 0.6 is 0 Å². The Bertz CT molecular complexity index is 191. The van der Waals surface area contributed by atoms with Crippen molar-refractivity contribution in [2.75, 3.05) is 0 Å². The molecule has 2 heteroatoms. The van der Waals surface area contributed by atoms with E-state index in [1.54, 1.807) is 0 Å². The van der Waals surface area contributed by atoms with Crippen LogP contribution in [-0.2, 0) is 0 Å². The fourth-order valence-corrected chi connectivity index (χ4v) is 0.844. The largest absolute Gasteiger partial charge is 0.344 e. The number of nitrogens with one attached hydrogen (secondary N) is 2. The van der Waals surface area contributed by atoms with E-state index in [0.717, 1.165) is 5.82 Å². The summed E-state index contributed by atoms with van der Waals surface area (Å²) >= 11 is 0. The Morgan fingerprint density at radius 3 is 1.60 bits per heavy atom. The van der Waals surface area contributed by atoms with E-state index in [1.165, 1.54) is 17.0 Å². The SMILES string of the molecule is CC(C)=C1NC(C)=C(C)N1. The van der Waals surface area contributed by atoms with Gasteiger partial charge in [0.1, 0.15) is 5.82 Å². The minimum absolute atomic E-state index is 1.13. The van der Waals surface area contributed by atoms with Gasteiger partial charge in [-0.1, -0.05) is 0 Å². The van der Waals surface area contributed by atoms with Crippen molar-refractivity contribution in [3.8, 4) is 0 Å². The van der Waals surface area contributed by atoms with E-state index < -0.39 is 0 Å². The molecule has 0 amide bonds. The summed E-state index contributed by atoms with van der Waals surface area (Å²) in [5.74, 6) is 1.13. The van der Waals surface area contributed by atoms with Gasteiger partial charge in [0.15, 0.2) is 0 Å². The highest BCUT2D eigenvalue weighted by atomic mass is 15.2. The Hall–Kier alpha value is -0.920. The lowest BCUT2D eigenvalue weighted by Crippen LogP contribution is -2.13. The molecule has 0 aromatic heterocycles. The molecule has 0 atom stereocenters. The van der Waals surface area contributed by atoms with Crippen LogP contribution < -0.4 is 10.6 Å². The highest BCUT2D eigenvalue weighted by molar-refractivity contribution is 5.26. The van der Waals surface area contributed by atoms with Gasteiger partial charge < -0.3 is 10.6 Å². The van der Waals surface area contributed by atoms with Gasteiger partial charge in [-0.05, 0) is 33.3 Å². The first kappa shape index (κ1) is 7.19. The van der Waals surface area contributed by atoms with Crippen molar-refractivity contribution >= 4 is 0 Å². The second kappa shape index (κ2) is 2.37. The summed E-state index contributed by atoms with van der Waals surface area (Å²) in [6.07, 6.45) is 0. The Morgan fingerprint density at radius 2 is 1.40 bits per heavy atom. The number of allylic oxidation sites excluding steroid dienone is 3. The van der Waals surface area contributed by atoms with Crippen molar-refractivity contribution in [2.24, 2.45) is 0 Å². The maximum Gasteiger partial charge on any atom is 0.106 e. The highest BCUT2D eigenvalue weighted by Crippen LogP contribution is 2.10. The van der Waals surface area contributed by atoms with E-state index in [4.69, 9.17) is 0 Å². The van der Waals surface area contributed by atoms with Gasteiger partial charge in [-0.15, -0.1) is 0 Å². The second-order valence-corrected chi connectivity index (χ2v) is 2.88. The van der Waals surface area contributed by atoms with Crippen LogP contribution in [0, 0.1) is 0 Å². The lowest BCUT2D eigenvalue weighted by Gasteiger charge is -2.02. The lowest BCUT2D eigenvalue weighted by molar-refractivity contribution is 0.908. The Kier molecular flexibility index (Phi) is 1.70. The quantitative estimate of drug-likeness (QED) is 0.532.